The van der Waals surface area contributed by atoms with Crippen molar-refractivity contribution in [3.05, 3.63) is 0 Å². The number of nitrogens with zero attached hydrogens (tertiary/aromatic N) is 2. The van der Waals surface area contributed by atoms with Gasteiger partial charge in [0.2, 0.25) is 0 Å². The average molecular weight is 270 g/mol. The fourth-order valence-electron chi connectivity index (χ4n) is 0.804. The van der Waals surface area contributed by atoms with E-state index in [0.717, 1.165) is 5.00 Å². The first-order valence-corrected chi connectivity index (χ1v) is 7.89. The Balaban J connectivity index is 4.52. The van der Waals surface area contributed by atoms with E-state index in [0.29, 0.717) is 0 Å². The summed E-state index contributed by atoms with van der Waals surface area (Å²) in [6.07, 6.45) is -0.0188. The lowest BCUT2D eigenvalue weighted by atomic mass is 10.5. The molecular weight excluding hydrogens is 251 g/mol. The lowest BCUT2D eigenvalue weighted by molar-refractivity contribution is -0.335. The molecule has 0 bridgehead atoms. The van der Waals surface area contributed by atoms with Crippen LogP contribution in [0.25, 0.3) is 0 Å². The molecule has 0 spiro atoms. The van der Waals surface area contributed by atoms with Gasteiger partial charge in [0, 0.05) is 0 Å². The van der Waals surface area contributed by atoms with E-state index in [1.807, 2.05) is 6.07 Å². The molecule has 0 saturated carbocycles. The van der Waals surface area contributed by atoms with E-state index in [-0.39, 0.29) is 24.8 Å². The van der Waals surface area contributed by atoms with E-state index in [2.05, 4.69) is 0 Å². The lowest BCUT2D eigenvalue weighted by Gasteiger charge is -2.25. The lowest BCUT2D eigenvalue weighted by Crippen LogP contribution is -2.30. The number of rotatable bonds is 7. The summed E-state index contributed by atoms with van der Waals surface area (Å²) in [5.41, 5.74) is 0. The van der Waals surface area contributed by atoms with Gasteiger partial charge in [-0.25, -0.2) is 14.6 Å². The molecule has 16 heavy (non-hydrogen) atoms. The molecule has 94 valence electrons. The predicted molar refractivity (Wildman–Crippen MR) is 64.4 cm³/mol. The largest absolute Gasteiger partial charge is 0.368 e. The molecule has 0 aliphatic rings. The average Bonchev–Trinajstić information content (AvgIpc) is 2.12. The zero-order chi connectivity index (χ0) is 12.8. The first-order chi connectivity index (χ1) is 7.29. The molecule has 0 radical (unpaired) electrons. The quantitative estimate of drug-likeness (QED) is 0.569. The Morgan fingerprint density at radius 2 is 1.75 bits per heavy atom. The number of hydrogen-bond acceptors (Lipinski definition) is 5. The summed E-state index contributed by atoms with van der Waals surface area (Å²) in [4.78, 5) is 21.6. The molecule has 0 heterocycles. The second-order valence-corrected chi connectivity index (χ2v) is 7.50. The minimum absolute atomic E-state index is 0.143. The monoisotopic (exact) mass is 269 g/mol. The Hall–Kier alpha value is 0.0500. The van der Waals surface area contributed by atoms with Gasteiger partial charge in [0.05, 0.1) is 24.7 Å². The van der Waals surface area contributed by atoms with Gasteiger partial charge < -0.3 is 0 Å². The molecule has 1 atom stereocenters. The Kier molecular flexibility index (Phi) is 7.41. The molecule has 1 unspecified atom stereocenters. The molecule has 0 aliphatic carbocycles. The zero-order valence-electron chi connectivity index (χ0n) is 10.1. The first kappa shape index (κ1) is 16.1. The molecule has 0 saturated heterocycles. The maximum atomic E-state index is 10.0. The SMILES string of the molecule is CC(C)ON(OC(C)C)[P+](O)(Cl)CCC#N. The highest BCUT2D eigenvalue weighted by Gasteiger charge is 2.47. The van der Waals surface area contributed by atoms with Crippen LogP contribution in [0.2, 0.25) is 0 Å². The van der Waals surface area contributed by atoms with E-state index in [9.17, 15) is 4.89 Å². The van der Waals surface area contributed by atoms with E-state index >= 15 is 0 Å². The van der Waals surface area contributed by atoms with Gasteiger partial charge in [-0.05, 0) is 27.7 Å². The van der Waals surface area contributed by atoms with Crippen LogP contribution >= 0.6 is 18.2 Å². The Bertz CT molecular complexity index is 233. The summed E-state index contributed by atoms with van der Waals surface area (Å²) in [5, 5.41) is 8.47. The second-order valence-electron chi connectivity index (χ2n) is 3.82. The first-order valence-electron chi connectivity index (χ1n) is 5.11. The van der Waals surface area contributed by atoms with Crippen LogP contribution in [0.4, 0.5) is 0 Å². The summed E-state index contributed by atoms with van der Waals surface area (Å²) in [6.45, 7) is 4.18. The maximum Gasteiger partial charge on any atom is 0.368 e. The smallest absolute Gasteiger partial charge is 0.237 e. The van der Waals surface area contributed by atoms with E-state index in [1.54, 1.807) is 27.7 Å². The topological polar surface area (TPSA) is 65.7 Å². The van der Waals surface area contributed by atoms with Crippen LogP contribution in [0.1, 0.15) is 34.1 Å². The van der Waals surface area contributed by atoms with Gasteiger partial charge >= 0.3 is 6.99 Å². The fourth-order valence-corrected chi connectivity index (χ4v) is 2.49. The molecule has 0 aromatic rings. The van der Waals surface area contributed by atoms with Gasteiger partial charge in [-0.15, -0.1) is 0 Å². The molecule has 7 heteroatoms. The molecule has 0 aromatic carbocycles. The Morgan fingerprint density at radius 1 is 1.31 bits per heavy atom. The van der Waals surface area contributed by atoms with Crippen LogP contribution < -0.4 is 0 Å². The Morgan fingerprint density at radius 3 is 2.06 bits per heavy atom. The summed E-state index contributed by atoms with van der Waals surface area (Å²) in [6, 6.07) is 1.93. The van der Waals surface area contributed by atoms with E-state index < -0.39 is 6.99 Å². The molecular formula is C9H19ClN2O3P+. The van der Waals surface area contributed by atoms with Gasteiger partial charge in [-0.1, -0.05) is 0 Å². The number of nitriles is 1. The molecule has 0 fully saturated rings. The Labute approximate surface area is 102 Å². The molecule has 0 aliphatic heterocycles. The summed E-state index contributed by atoms with van der Waals surface area (Å²) >= 11 is 5.96. The molecule has 1 N–H and O–H groups in total. The molecule has 5 nitrogen and oxygen atoms in total. The van der Waals surface area contributed by atoms with Gasteiger partial charge in [-0.2, -0.15) is 5.26 Å². The fraction of sp³-hybridized carbons (Fsp3) is 0.889. The van der Waals surface area contributed by atoms with Crippen molar-refractivity contribution in [1.82, 2.24) is 5.00 Å². The van der Waals surface area contributed by atoms with E-state index in [1.165, 1.54) is 0 Å². The van der Waals surface area contributed by atoms with Crippen LogP contribution in [-0.4, -0.2) is 28.3 Å². The van der Waals surface area contributed by atoms with E-state index in [4.69, 9.17) is 26.2 Å². The highest BCUT2D eigenvalue weighted by atomic mass is 35.7. The van der Waals surface area contributed by atoms with Crippen LogP contribution in [0.5, 0.6) is 0 Å². The van der Waals surface area contributed by atoms with Crippen molar-refractivity contribution in [2.75, 3.05) is 6.16 Å². The van der Waals surface area contributed by atoms with Crippen molar-refractivity contribution < 1.29 is 14.6 Å². The summed E-state index contributed by atoms with van der Waals surface area (Å²) in [5.74, 6) is 0. The summed E-state index contributed by atoms with van der Waals surface area (Å²) in [7, 11) is 0. The minimum Gasteiger partial charge on any atom is -0.237 e. The number of hydrogen-bond donors (Lipinski definition) is 1. The van der Waals surface area contributed by atoms with Crippen LogP contribution in [0.15, 0.2) is 0 Å². The van der Waals surface area contributed by atoms with Crippen molar-refractivity contribution in [2.24, 2.45) is 0 Å². The third kappa shape index (κ3) is 6.59. The molecule has 0 aromatic heterocycles. The maximum absolute atomic E-state index is 10.0. The van der Waals surface area contributed by atoms with Crippen molar-refractivity contribution >= 4 is 18.2 Å². The van der Waals surface area contributed by atoms with Gasteiger partial charge in [-0.3, -0.25) is 0 Å². The zero-order valence-corrected chi connectivity index (χ0v) is 11.7. The van der Waals surface area contributed by atoms with Crippen molar-refractivity contribution in [3.63, 3.8) is 0 Å². The predicted octanol–water partition coefficient (Wildman–Crippen LogP) is 2.88. The normalized spacial score (nSPS) is 15.5. The summed E-state index contributed by atoms with van der Waals surface area (Å²) < 4.78 is 0. The third-order valence-corrected chi connectivity index (χ3v) is 3.72. The van der Waals surface area contributed by atoms with Crippen molar-refractivity contribution in [1.29, 1.82) is 5.26 Å². The van der Waals surface area contributed by atoms with Crippen LogP contribution in [0, 0.1) is 11.3 Å². The second kappa shape index (κ2) is 7.39. The van der Waals surface area contributed by atoms with Gasteiger partial charge in [0.15, 0.2) is 0 Å². The van der Waals surface area contributed by atoms with Gasteiger partial charge in [0.1, 0.15) is 22.4 Å². The van der Waals surface area contributed by atoms with Crippen LogP contribution in [-0.2, 0) is 9.68 Å². The standard InChI is InChI=1S/C9H19ClN2O3P/c1-8(2)14-12(15-9(3)4)16(10,13)7-5-6-11/h8-9,13H,5,7H2,1-4H3/q+1. The van der Waals surface area contributed by atoms with Gasteiger partial charge in [0.25, 0.3) is 0 Å². The van der Waals surface area contributed by atoms with Crippen molar-refractivity contribution in [2.45, 2.75) is 46.3 Å². The third-order valence-electron chi connectivity index (χ3n) is 1.36. The minimum atomic E-state index is -3.04. The molecule has 0 amide bonds. The van der Waals surface area contributed by atoms with Crippen LogP contribution in [0.3, 0.4) is 0 Å². The highest BCUT2D eigenvalue weighted by molar-refractivity contribution is 7.92. The number of halogens is 1. The highest BCUT2D eigenvalue weighted by Crippen LogP contribution is 2.64. The van der Waals surface area contributed by atoms with Crippen molar-refractivity contribution in [3.8, 4) is 6.07 Å². The molecule has 0 rings (SSSR count).